The molecule has 12 heteroatoms. The Hall–Kier alpha value is -1.62. The molecule has 1 aliphatic heterocycles. The Kier molecular flexibility index (Phi) is 5.56. The molecular weight excluding hydrogens is 365 g/mol. The van der Waals surface area contributed by atoms with Crippen LogP contribution in [0.15, 0.2) is 12.7 Å². The lowest BCUT2D eigenvalue weighted by Gasteiger charge is -2.24. The van der Waals surface area contributed by atoms with Gasteiger partial charge in [0.05, 0.1) is 12.4 Å². The minimum Gasteiger partial charge on any atom is -0.382 e. The van der Waals surface area contributed by atoms with Crippen LogP contribution in [0.2, 0.25) is 0 Å². The molecule has 1 fully saturated rings. The normalized spacial score (nSPS) is 28.5. The predicted molar refractivity (Wildman–Crippen MR) is 91.1 cm³/mol. The standard InChI is InChI=1S/C14H22N5O6P/c1-4-5-8-10(25-26(20,21)23-3)11(22-2)14(24-8)19-7-18-9-12(15)16-6-17-13(9)19/h6-8,10-11,14H,4-5H2,1-3H3,(H,20,21)(H2,15,16,17)/t8-,10?,11+,14-/m1/s1. The van der Waals surface area contributed by atoms with Crippen molar-refractivity contribution in [2.45, 2.75) is 44.3 Å². The summed E-state index contributed by atoms with van der Waals surface area (Å²) in [6.07, 6.45) is 1.61. The number of phosphoric ester groups is 1. The maximum Gasteiger partial charge on any atom is 0.472 e. The average Bonchev–Trinajstić information content (AvgIpc) is 3.17. The second-order valence-electron chi connectivity index (χ2n) is 5.86. The van der Waals surface area contributed by atoms with Gasteiger partial charge in [0.25, 0.3) is 0 Å². The molecule has 2 aromatic heterocycles. The first kappa shape index (κ1) is 19.2. The summed E-state index contributed by atoms with van der Waals surface area (Å²) in [6.45, 7) is 1.98. The molecule has 144 valence electrons. The molecule has 11 nitrogen and oxygen atoms in total. The number of aromatic nitrogens is 4. The molecule has 0 saturated carbocycles. The highest BCUT2D eigenvalue weighted by atomic mass is 31.2. The van der Waals surface area contributed by atoms with Crippen molar-refractivity contribution in [3.8, 4) is 0 Å². The Morgan fingerprint density at radius 1 is 1.35 bits per heavy atom. The van der Waals surface area contributed by atoms with Crippen LogP contribution in [0.4, 0.5) is 5.82 Å². The molecule has 0 amide bonds. The third kappa shape index (κ3) is 3.46. The first-order chi connectivity index (χ1) is 12.4. The van der Waals surface area contributed by atoms with Gasteiger partial charge < -0.3 is 20.1 Å². The van der Waals surface area contributed by atoms with Gasteiger partial charge in [-0.3, -0.25) is 13.6 Å². The molecule has 26 heavy (non-hydrogen) atoms. The lowest BCUT2D eigenvalue weighted by Crippen LogP contribution is -2.35. The van der Waals surface area contributed by atoms with E-state index in [0.717, 1.165) is 13.5 Å². The number of nitrogens with two attached hydrogens (primary N) is 1. The van der Waals surface area contributed by atoms with Crippen molar-refractivity contribution in [2.75, 3.05) is 20.0 Å². The maximum absolute atomic E-state index is 11.9. The Bertz CT molecular complexity index is 816. The molecule has 5 atom stereocenters. The van der Waals surface area contributed by atoms with Gasteiger partial charge in [-0.1, -0.05) is 13.3 Å². The van der Waals surface area contributed by atoms with Crippen LogP contribution in [0.5, 0.6) is 0 Å². The van der Waals surface area contributed by atoms with Crippen molar-refractivity contribution in [3.05, 3.63) is 12.7 Å². The zero-order valence-electron chi connectivity index (χ0n) is 14.7. The first-order valence-corrected chi connectivity index (χ1v) is 9.59. The number of ether oxygens (including phenoxy) is 2. The van der Waals surface area contributed by atoms with Crippen LogP contribution >= 0.6 is 7.82 Å². The number of phosphoric acid groups is 1. The second-order valence-corrected chi connectivity index (χ2v) is 7.37. The van der Waals surface area contributed by atoms with E-state index in [1.54, 1.807) is 4.57 Å². The topological polar surface area (TPSA) is 144 Å². The number of hydrogen-bond donors (Lipinski definition) is 2. The summed E-state index contributed by atoms with van der Waals surface area (Å²) in [5.41, 5.74) is 6.74. The second kappa shape index (κ2) is 7.55. The van der Waals surface area contributed by atoms with Gasteiger partial charge in [0.1, 0.15) is 24.1 Å². The average molecular weight is 387 g/mol. The van der Waals surface area contributed by atoms with E-state index in [1.807, 2.05) is 6.92 Å². The molecule has 3 rings (SSSR count). The number of anilines is 1. The number of imidazole rings is 1. The quantitative estimate of drug-likeness (QED) is 0.666. The molecule has 2 unspecified atom stereocenters. The van der Waals surface area contributed by atoms with Gasteiger partial charge in [-0.15, -0.1) is 0 Å². The zero-order chi connectivity index (χ0) is 18.9. The smallest absolute Gasteiger partial charge is 0.382 e. The van der Waals surface area contributed by atoms with Crippen LogP contribution in [0.3, 0.4) is 0 Å². The molecule has 1 saturated heterocycles. The van der Waals surface area contributed by atoms with Gasteiger partial charge >= 0.3 is 7.82 Å². The predicted octanol–water partition coefficient (Wildman–Crippen LogP) is 1.25. The fourth-order valence-electron chi connectivity index (χ4n) is 3.08. The molecule has 0 aromatic carbocycles. The van der Waals surface area contributed by atoms with E-state index in [-0.39, 0.29) is 5.82 Å². The van der Waals surface area contributed by atoms with E-state index in [1.165, 1.54) is 19.8 Å². The summed E-state index contributed by atoms with van der Waals surface area (Å²) in [5, 5.41) is 0. The molecule has 1 aliphatic rings. The summed E-state index contributed by atoms with van der Waals surface area (Å²) < 4.78 is 35.1. The number of rotatable bonds is 7. The number of nitrogens with zero attached hydrogens (tertiary/aromatic N) is 4. The summed E-state index contributed by atoms with van der Waals surface area (Å²) in [5.74, 6) is 0.248. The zero-order valence-corrected chi connectivity index (χ0v) is 15.6. The van der Waals surface area contributed by atoms with Gasteiger partial charge in [-0.25, -0.2) is 19.5 Å². The van der Waals surface area contributed by atoms with Gasteiger partial charge in [-0.2, -0.15) is 0 Å². The van der Waals surface area contributed by atoms with E-state index < -0.39 is 32.4 Å². The first-order valence-electron chi connectivity index (χ1n) is 8.10. The van der Waals surface area contributed by atoms with Crippen LogP contribution in [0.1, 0.15) is 26.0 Å². The van der Waals surface area contributed by atoms with Crippen LogP contribution in [0.25, 0.3) is 11.2 Å². The van der Waals surface area contributed by atoms with Crippen molar-refractivity contribution < 1.29 is 28.0 Å². The van der Waals surface area contributed by atoms with Crippen molar-refractivity contribution in [2.24, 2.45) is 0 Å². The highest BCUT2D eigenvalue weighted by Crippen LogP contribution is 2.49. The highest BCUT2D eigenvalue weighted by molar-refractivity contribution is 7.47. The molecule has 3 heterocycles. The fourth-order valence-corrected chi connectivity index (χ4v) is 3.73. The van der Waals surface area contributed by atoms with E-state index >= 15 is 0 Å². The number of nitrogen functional groups attached to an aromatic ring is 1. The molecule has 0 spiro atoms. The highest BCUT2D eigenvalue weighted by Gasteiger charge is 2.49. The van der Waals surface area contributed by atoms with Gasteiger partial charge in [0.15, 0.2) is 17.7 Å². The van der Waals surface area contributed by atoms with E-state index in [9.17, 15) is 9.46 Å². The number of fused-ring (bicyclic) bond motifs is 1. The van der Waals surface area contributed by atoms with Crippen molar-refractivity contribution >= 4 is 24.8 Å². The van der Waals surface area contributed by atoms with Gasteiger partial charge in [0.2, 0.25) is 0 Å². The monoisotopic (exact) mass is 387 g/mol. The minimum atomic E-state index is -4.22. The number of methoxy groups -OCH3 is 1. The summed E-state index contributed by atoms with van der Waals surface area (Å²) in [4.78, 5) is 22.1. The number of hydrogen-bond acceptors (Lipinski definition) is 9. The molecule has 0 aliphatic carbocycles. The Morgan fingerprint density at radius 3 is 2.77 bits per heavy atom. The molecule has 2 aromatic rings. The van der Waals surface area contributed by atoms with Gasteiger partial charge in [-0.05, 0) is 6.42 Å². The van der Waals surface area contributed by atoms with Crippen molar-refractivity contribution in [1.82, 2.24) is 19.5 Å². The minimum absolute atomic E-state index is 0.248. The molecular formula is C14H22N5O6P. The van der Waals surface area contributed by atoms with Crippen molar-refractivity contribution in [3.63, 3.8) is 0 Å². The maximum atomic E-state index is 11.9. The third-order valence-electron chi connectivity index (χ3n) is 4.28. The lowest BCUT2D eigenvalue weighted by molar-refractivity contribution is -0.0504. The fraction of sp³-hybridized carbons (Fsp3) is 0.643. The van der Waals surface area contributed by atoms with Crippen LogP contribution in [-0.2, 0) is 23.1 Å². The van der Waals surface area contributed by atoms with Crippen LogP contribution in [-0.4, -0.2) is 56.9 Å². The van der Waals surface area contributed by atoms with E-state index in [2.05, 4.69) is 19.5 Å². The summed E-state index contributed by atoms with van der Waals surface area (Å²) in [7, 11) is -1.64. The Labute approximate surface area is 150 Å². The SMILES string of the molecule is CCC[C@H]1O[C@@H](n2cnc3c(N)ncnc32)[C@@H](OC)C1OP(=O)(O)OC. The van der Waals surface area contributed by atoms with Crippen LogP contribution in [0, 0.1) is 0 Å². The molecule has 0 bridgehead atoms. The van der Waals surface area contributed by atoms with Crippen LogP contribution < -0.4 is 5.73 Å². The third-order valence-corrected chi connectivity index (χ3v) is 5.25. The Morgan fingerprint density at radius 2 is 2.12 bits per heavy atom. The summed E-state index contributed by atoms with van der Waals surface area (Å²) in [6, 6.07) is 0. The summed E-state index contributed by atoms with van der Waals surface area (Å²) >= 11 is 0. The lowest BCUT2D eigenvalue weighted by atomic mass is 10.1. The molecule has 0 radical (unpaired) electrons. The largest absolute Gasteiger partial charge is 0.472 e. The van der Waals surface area contributed by atoms with Gasteiger partial charge in [0, 0.05) is 14.2 Å². The Balaban J connectivity index is 1.98. The van der Waals surface area contributed by atoms with Crippen molar-refractivity contribution in [1.29, 1.82) is 0 Å². The van der Waals surface area contributed by atoms with E-state index in [4.69, 9.17) is 19.7 Å². The van der Waals surface area contributed by atoms with E-state index in [0.29, 0.717) is 17.6 Å². The molecule has 3 N–H and O–H groups in total.